The number of hydrogen-bond acceptors (Lipinski definition) is 1. The van der Waals surface area contributed by atoms with E-state index in [1.807, 2.05) is 0 Å². The first-order valence-corrected chi connectivity index (χ1v) is 4.33. The minimum atomic E-state index is -2.48. The first kappa shape index (κ1) is 8.43. The van der Waals surface area contributed by atoms with Crippen molar-refractivity contribution in [3.8, 4) is 0 Å². The predicted molar refractivity (Wildman–Crippen MR) is 42.0 cm³/mol. The highest BCUT2D eigenvalue weighted by Gasteiger charge is 2.14. The van der Waals surface area contributed by atoms with Crippen molar-refractivity contribution < 1.29 is 8.78 Å². The topological polar surface area (TPSA) is 0 Å². The molecular formula is C5H2BrClF2S. The van der Waals surface area contributed by atoms with Crippen molar-refractivity contribution in [2.24, 2.45) is 0 Å². The Morgan fingerprint density at radius 1 is 1.60 bits per heavy atom. The van der Waals surface area contributed by atoms with Gasteiger partial charge in [-0.05, 0) is 22.0 Å². The lowest BCUT2D eigenvalue weighted by atomic mass is 10.4. The average molecular weight is 247 g/mol. The van der Waals surface area contributed by atoms with Crippen LogP contribution in [0.3, 0.4) is 0 Å². The van der Waals surface area contributed by atoms with Gasteiger partial charge in [-0.3, -0.25) is 0 Å². The third-order valence-corrected chi connectivity index (χ3v) is 2.81. The van der Waals surface area contributed by atoms with Crippen LogP contribution in [0.25, 0.3) is 0 Å². The number of hydrogen-bond donors (Lipinski definition) is 0. The van der Waals surface area contributed by atoms with Crippen molar-refractivity contribution in [2.45, 2.75) is 6.43 Å². The van der Waals surface area contributed by atoms with E-state index in [-0.39, 0.29) is 9.90 Å². The highest BCUT2D eigenvalue weighted by atomic mass is 79.9. The van der Waals surface area contributed by atoms with E-state index in [0.717, 1.165) is 11.3 Å². The summed E-state index contributed by atoms with van der Waals surface area (Å²) in [7, 11) is 0. The summed E-state index contributed by atoms with van der Waals surface area (Å²) in [5, 5.41) is 0. The molecule has 1 rings (SSSR count). The fourth-order valence-electron chi connectivity index (χ4n) is 0.502. The maximum absolute atomic E-state index is 11.9. The molecule has 0 unspecified atom stereocenters. The molecule has 0 fully saturated rings. The molecule has 0 N–H and O–H groups in total. The fourth-order valence-corrected chi connectivity index (χ4v) is 2.52. The molecule has 0 aliphatic heterocycles. The molecule has 0 spiro atoms. The van der Waals surface area contributed by atoms with Gasteiger partial charge in [0.1, 0.15) is 4.34 Å². The maximum atomic E-state index is 11.9. The van der Waals surface area contributed by atoms with E-state index in [2.05, 4.69) is 15.9 Å². The van der Waals surface area contributed by atoms with Gasteiger partial charge in [-0.2, -0.15) is 0 Å². The number of thiophene rings is 1. The van der Waals surface area contributed by atoms with Crippen LogP contribution >= 0.6 is 38.9 Å². The molecule has 0 radical (unpaired) electrons. The summed E-state index contributed by atoms with van der Waals surface area (Å²) in [6.45, 7) is 0. The van der Waals surface area contributed by atoms with Gasteiger partial charge in [0.15, 0.2) is 0 Å². The van der Waals surface area contributed by atoms with Crippen LogP contribution in [0.1, 0.15) is 12.0 Å². The van der Waals surface area contributed by atoms with Crippen LogP contribution in [0.15, 0.2) is 9.85 Å². The zero-order chi connectivity index (χ0) is 7.72. The quantitative estimate of drug-likeness (QED) is 0.701. The molecule has 0 aliphatic rings. The minimum absolute atomic E-state index is 0.0986. The molecule has 1 aromatic heterocycles. The molecule has 1 aromatic rings. The molecule has 0 saturated heterocycles. The summed E-state index contributed by atoms with van der Waals surface area (Å²) in [5.41, 5.74) is -0.0986. The molecule has 0 saturated carbocycles. The second kappa shape index (κ2) is 3.15. The van der Waals surface area contributed by atoms with Crippen LogP contribution < -0.4 is 0 Å². The molecule has 0 amide bonds. The lowest BCUT2D eigenvalue weighted by Crippen LogP contribution is -1.77. The number of halogens is 4. The summed E-state index contributed by atoms with van der Waals surface area (Å²) < 4.78 is 24.7. The first-order valence-electron chi connectivity index (χ1n) is 2.34. The molecule has 0 bridgehead atoms. The third kappa shape index (κ3) is 1.68. The van der Waals surface area contributed by atoms with Crippen LogP contribution in [-0.4, -0.2) is 0 Å². The van der Waals surface area contributed by atoms with Crippen molar-refractivity contribution in [1.82, 2.24) is 0 Å². The van der Waals surface area contributed by atoms with Crippen LogP contribution in [0.5, 0.6) is 0 Å². The van der Waals surface area contributed by atoms with Gasteiger partial charge in [-0.15, -0.1) is 11.3 Å². The average Bonchev–Trinajstić information content (AvgIpc) is 2.10. The van der Waals surface area contributed by atoms with E-state index in [4.69, 9.17) is 11.6 Å². The Hall–Kier alpha value is 0.330. The van der Waals surface area contributed by atoms with Crippen LogP contribution in [0.4, 0.5) is 8.78 Å². The van der Waals surface area contributed by atoms with E-state index in [1.54, 1.807) is 0 Å². The van der Waals surface area contributed by atoms with E-state index >= 15 is 0 Å². The third-order valence-electron chi connectivity index (χ3n) is 0.918. The van der Waals surface area contributed by atoms with Crippen molar-refractivity contribution in [1.29, 1.82) is 0 Å². The Labute approximate surface area is 73.9 Å². The highest BCUT2D eigenvalue weighted by Crippen LogP contribution is 2.36. The standard InChI is InChI=1S/C5H2BrClF2S/c6-3-1-2(5(8)9)4(7)10-3/h1,5H. The van der Waals surface area contributed by atoms with Crippen molar-refractivity contribution >= 4 is 38.9 Å². The second-order valence-corrected chi connectivity index (χ2v) is 4.61. The van der Waals surface area contributed by atoms with E-state index < -0.39 is 6.43 Å². The van der Waals surface area contributed by atoms with Crippen LogP contribution in [0.2, 0.25) is 4.34 Å². The van der Waals surface area contributed by atoms with Crippen molar-refractivity contribution in [3.05, 3.63) is 19.8 Å². The number of alkyl halides is 2. The van der Waals surface area contributed by atoms with Gasteiger partial charge in [0.2, 0.25) is 0 Å². The smallest absolute Gasteiger partial charge is 0.205 e. The lowest BCUT2D eigenvalue weighted by molar-refractivity contribution is 0.152. The Kier molecular flexibility index (Phi) is 2.66. The summed E-state index contributed by atoms with van der Waals surface area (Å²) >= 11 is 9.60. The predicted octanol–water partition coefficient (Wildman–Crippen LogP) is 4.10. The van der Waals surface area contributed by atoms with Gasteiger partial charge < -0.3 is 0 Å². The maximum Gasteiger partial charge on any atom is 0.266 e. The lowest BCUT2D eigenvalue weighted by Gasteiger charge is -1.91. The summed E-state index contributed by atoms with van der Waals surface area (Å²) in [4.78, 5) is 0. The number of rotatable bonds is 1. The zero-order valence-electron chi connectivity index (χ0n) is 4.57. The largest absolute Gasteiger partial charge is 0.266 e. The van der Waals surface area contributed by atoms with Gasteiger partial charge in [0.25, 0.3) is 6.43 Å². The van der Waals surface area contributed by atoms with Crippen molar-refractivity contribution in [3.63, 3.8) is 0 Å². The molecule has 0 aromatic carbocycles. The summed E-state index contributed by atoms with van der Waals surface area (Å²) in [5.74, 6) is 0. The Morgan fingerprint density at radius 2 is 2.20 bits per heavy atom. The fraction of sp³-hybridized carbons (Fsp3) is 0.200. The summed E-state index contributed by atoms with van der Waals surface area (Å²) in [6.07, 6.45) is -2.48. The monoisotopic (exact) mass is 246 g/mol. The van der Waals surface area contributed by atoms with E-state index in [0.29, 0.717) is 3.79 Å². The molecule has 56 valence electrons. The molecule has 0 atom stereocenters. The molecule has 0 nitrogen and oxygen atoms in total. The van der Waals surface area contributed by atoms with Gasteiger partial charge in [0.05, 0.1) is 3.79 Å². The molecular weight excluding hydrogens is 245 g/mol. The first-order chi connectivity index (χ1) is 4.61. The Balaban J connectivity index is 3.03. The van der Waals surface area contributed by atoms with Gasteiger partial charge >= 0.3 is 0 Å². The van der Waals surface area contributed by atoms with E-state index in [1.165, 1.54) is 6.07 Å². The highest BCUT2D eigenvalue weighted by molar-refractivity contribution is 9.11. The molecule has 5 heteroatoms. The molecule has 10 heavy (non-hydrogen) atoms. The molecule has 0 aliphatic carbocycles. The molecule has 1 heterocycles. The normalized spacial score (nSPS) is 10.9. The Bertz CT molecular complexity index is 236. The van der Waals surface area contributed by atoms with Gasteiger partial charge in [-0.1, -0.05) is 11.6 Å². The minimum Gasteiger partial charge on any atom is -0.205 e. The van der Waals surface area contributed by atoms with Crippen LogP contribution in [0, 0.1) is 0 Å². The SMILES string of the molecule is FC(F)c1cc(Br)sc1Cl. The second-order valence-electron chi connectivity index (χ2n) is 1.58. The van der Waals surface area contributed by atoms with Crippen molar-refractivity contribution in [2.75, 3.05) is 0 Å². The van der Waals surface area contributed by atoms with Crippen LogP contribution in [-0.2, 0) is 0 Å². The summed E-state index contributed by atoms with van der Waals surface area (Å²) in [6, 6.07) is 1.33. The van der Waals surface area contributed by atoms with Gasteiger partial charge in [-0.25, -0.2) is 8.78 Å². The Morgan fingerprint density at radius 3 is 2.40 bits per heavy atom. The van der Waals surface area contributed by atoms with Gasteiger partial charge in [0, 0.05) is 5.56 Å². The van der Waals surface area contributed by atoms with E-state index in [9.17, 15) is 8.78 Å². The zero-order valence-corrected chi connectivity index (χ0v) is 7.73.